The third kappa shape index (κ3) is 5.38. The van der Waals surface area contributed by atoms with Crippen LogP contribution in [0.3, 0.4) is 0 Å². The molecular weight excluding hydrogens is 558 g/mol. The number of nitrogens with zero attached hydrogens (tertiary/aromatic N) is 1. The summed E-state index contributed by atoms with van der Waals surface area (Å²) in [4.78, 5) is 16.9. The number of ether oxygens (including phenoxy) is 3. The van der Waals surface area contributed by atoms with Gasteiger partial charge in [0.25, 0.3) is 5.91 Å². The minimum absolute atomic E-state index is 0.0312. The number of hydrogen-bond acceptors (Lipinski definition) is 7. The summed E-state index contributed by atoms with van der Waals surface area (Å²) in [5.41, 5.74) is 0.658. The van der Waals surface area contributed by atoms with E-state index in [0.29, 0.717) is 12.4 Å². The van der Waals surface area contributed by atoms with Crippen LogP contribution in [0.4, 0.5) is 17.6 Å². The quantitative estimate of drug-likeness (QED) is 0.329. The van der Waals surface area contributed by atoms with Crippen LogP contribution in [0.25, 0.3) is 11.3 Å². The molecule has 0 saturated heterocycles. The van der Waals surface area contributed by atoms with Crippen LogP contribution in [0.15, 0.2) is 42.5 Å². The molecule has 0 saturated carbocycles. The van der Waals surface area contributed by atoms with Gasteiger partial charge in [0.2, 0.25) is 5.60 Å². The molecule has 2 unspecified atom stereocenters. The fourth-order valence-corrected chi connectivity index (χ4v) is 4.36. The second-order valence-corrected chi connectivity index (χ2v) is 9.81. The molecule has 0 radical (unpaired) electrons. The van der Waals surface area contributed by atoms with E-state index in [4.69, 9.17) is 31.5 Å². The summed E-state index contributed by atoms with van der Waals surface area (Å²) in [5, 5.41) is 12.9. The Hall–Kier alpha value is -3.61. The molecule has 214 valence electrons. The highest BCUT2D eigenvalue weighted by Gasteiger charge is 2.57. The number of hydrogen-bond donors (Lipinski definition) is 3. The average Bonchev–Trinajstić information content (AvgIpc) is 3.22. The minimum atomic E-state index is -5.29. The van der Waals surface area contributed by atoms with Crippen LogP contribution in [0, 0.1) is 5.82 Å². The van der Waals surface area contributed by atoms with Gasteiger partial charge < -0.3 is 30.4 Å². The van der Waals surface area contributed by atoms with Gasteiger partial charge in [0.05, 0.1) is 36.5 Å². The minimum Gasteiger partial charge on any atom is -0.493 e. The molecular formula is C27H26ClF4N3O5. The molecule has 13 heteroatoms. The molecule has 4 rings (SSSR count). The van der Waals surface area contributed by atoms with E-state index in [-0.39, 0.29) is 45.5 Å². The number of benzene rings is 2. The Bertz CT molecular complexity index is 1450. The number of methoxy groups -OCH3 is 1. The molecule has 0 fully saturated rings. The lowest BCUT2D eigenvalue weighted by molar-refractivity contribution is -0.265. The lowest BCUT2D eigenvalue weighted by Crippen LogP contribution is -2.51. The monoisotopic (exact) mass is 583 g/mol. The second kappa shape index (κ2) is 10.8. The van der Waals surface area contributed by atoms with E-state index in [9.17, 15) is 27.5 Å². The number of nitrogens with two attached hydrogens (primary N) is 1. The molecule has 1 aromatic heterocycles. The van der Waals surface area contributed by atoms with Gasteiger partial charge in [-0.15, -0.1) is 0 Å². The van der Waals surface area contributed by atoms with Gasteiger partial charge in [0, 0.05) is 16.7 Å². The first kappa shape index (κ1) is 29.4. The first-order chi connectivity index (χ1) is 18.7. The third-order valence-corrected chi connectivity index (χ3v) is 6.71. The van der Waals surface area contributed by atoms with E-state index in [0.717, 1.165) is 12.1 Å². The van der Waals surface area contributed by atoms with Crippen molar-refractivity contribution in [1.82, 2.24) is 10.3 Å². The maximum absolute atomic E-state index is 14.5. The summed E-state index contributed by atoms with van der Waals surface area (Å²) in [6, 6.07) is 8.54. The number of amides is 1. The molecule has 0 aliphatic carbocycles. The lowest BCUT2D eigenvalue weighted by Gasteiger charge is -2.31. The number of carbonyl (C=O) groups is 1. The van der Waals surface area contributed by atoms with E-state index < -0.39 is 41.3 Å². The van der Waals surface area contributed by atoms with Crippen LogP contribution in [-0.4, -0.2) is 49.0 Å². The number of halogens is 5. The number of rotatable bonds is 8. The van der Waals surface area contributed by atoms with Crippen molar-refractivity contribution in [2.24, 2.45) is 5.73 Å². The van der Waals surface area contributed by atoms with Crippen LogP contribution in [0.2, 0.25) is 5.02 Å². The predicted molar refractivity (Wildman–Crippen MR) is 138 cm³/mol. The van der Waals surface area contributed by atoms with Crippen molar-refractivity contribution in [2.75, 3.05) is 26.9 Å². The van der Waals surface area contributed by atoms with Crippen molar-refractivity contribution in [2.45, 2.75) is 31.2 Å². The van der Waals surface area contributed by atoms with Crippen molar-refractivity contribution in [1.29, 1.82) is 0 Å². The molecule has 0 bridgehead atoms. The Labute approximate surface area is 232 Å². The molecule has 1 aliphatic rings. The van der Waals surface area contributed by atoms with E-state index >= 15 is 0 Å². The van der Waals surface area contributed by atoms with Crippen LogP contribution in [0.5, 0.6) is 17.2 Å². The zero-order valence-electron chi connectivity index (χ0n) is 21.7. The van der Waals surface area contributed by atoms with Gasteiger partial charge in [0.1, 0.15) is 18.1 Å². The number of nitrogens with one attached hydrogen (secondary N) is 1. The van der Waals surface area contributed by atoms with Crippen molar-refractivity contribution in [3.8, 4) is 28.5 Å². The number of fused-ring (bicyclic) bond motifs is 1. The van der Waals surface area contributed by atoms with Crippen LogP contribution in [-0.2, 0) is 11.1 Å². The molecule has 8 nitrogen and oxygen atoms in total. The first-order valence-electron chi connectivity index (χ1n) is 12.0. The largest absolute Gasteiger partial charge is 0.493 e. The zero-order valence-corrected chi connectivity index (χ0v) is 22.4. The van der Waals surface area contributed by atoms with Gasteiger partial charge in [-0.05, 0) is 56.3 Å². The standard InChI is InChI=1S/C27H26ClF4N3O5/c1-4-39-19-8-6-15(10-20(19)38-3)24(36)34-12-26(37,27(30,31)32)21-11-16-23(40-13-25(16,2)33)22(35-21)14-5-7-18(29)17(28)9-14/h5-11,37H,4,12-13,33H2,1-3H3,(H,34,36). The first-order valence-corrected chi connectivity index (χ1v) is 12.4. The van der Waals surface area contributed by atoms with Crippen LogP contribution in [0.1, 0.15) is 35.5 Å². The molecule has 3 aromatic rings. The Morgan fingerprint density at radius 1 is 1.23 bits per heavy atom. The summed E-state index contributed by atoms with van der Waals surface area (Å²) in [6.45, 7) is 2.24. The normalized spacial score (nSPS) is 17.9. The highest BCUT2D eigenvalue weighted by atomic mass is 35.5. The lowest BCUT2D eigenvalue weighted by atomic mass is 9.89. The van der Waals surface area contributed by atoms with Gasteiger partial charge in [-0.3, -0.25) is 4.79 Å². The molecule has 4 N–H and O–H groups in total. The predicted octanol–water partition coefficient (Wildman–Crippen LogP) is 4.69. The number of alkyl halides is 3. The molecule has 1 aliphatic heterocycles. The smallest absolute Gasteiger partial charge is 0.424 e. The van der Waals surface area contributed by atoms with E-state index in [2.05, 4.69) is 10.3 Å². The summed E-state index contributed by atoms with van der Waals surface area (Å²) >= 11 is 5.90. The topological polar surface area (TPSA) is 116 Å². The van der Waals surface area contributed by atoms with Crippen molar-refractivity contribution in [3.63, 3.8) is 0 Å². The van der Waals surface area contributed by atoms with Crippen molar-refractivity contribution in [3.05, 3.63) is 70.1 Å². The zero-order chi connectivity index (χ0) is 29.5. The number of carbonyl (C=O) groups excluding carboxylic acids is 1. The Kier molecular flexibility index (Phi) is 7.90. The van der Waals surface area contributed by atoms with Gasteiger partial charge in [0.15, 0.2) is 17.2 Å². The average molecular weight is 584 g/mol. The fraction of sp³-hybridized carbons (Fsp3) is 0.333. The highest BCUT2D eigenvalue weighted by molar-refractivity contribution is 6.31. The Morgan fingerprint density at radius 3 is 2.58 bits per heavy atom. The molecule has 2 aromatic carbocycles. The molecule has 1 amide bonds. The Balaban J connectivity index is 1.76. The summed E-state index contributed by atoms with van der Waals surface area (Å²) in [6.07, 6.45) is -5.29. The maximum atomic E-state index is 14.5. The van der Waals surface area contributed by atoms with Crippen molar-refractivity contribution >= 4 is 17.5 Å². The molecule has 2 heterocycles. The number of pyridine rings is 1. The van der Waals surface area contributed by atoms with Gasteiger partial charge in [-0.2, -0.15) is 13.2 Å². The molecule has 40 heavy (non-hydrogen) atoms. The van der Waals surface area contributed by atoms with Crippen molar-refractivity contribution < 1.29 is 41.7 Å². The second-order valence-electron chi connectivity index (χ2n) is 9.41. The highest BCUT2D eigenvalue weighted by Crippen LogP contribution is 2.46. The molecule has 0 spiro atoms. The van der Waals surface area contributed by atoms with Gasteiger partial charge >= 0.3 is 6.18 Å². The summed E-state index contributed by atoms with van der Waals surface area (Å²) < 4.78 is 73.5. The summed E-state index contributed by atoms with van der Waals surface area (Å²) in [5.74, 6) is -1.04. The van der Waals surface area contributed by atoms with Crippen LogP contribution >= 0.6 is 11.6 Å². The summed E-state index contributed by atoms with van der Waals surface area (Å²) in [7, 11) is 1.35. The van der Waals surface area contributed by atoms with E-state index in [1.54, 1.807) is 6.92 Å². The fourth-order valence-electron chi connectivity index (χ4n) is 4.18. The van der Waals surface area contributed by atoms with Gasteiger partial charge in [-0.25, -0.2) is 9.37 Å². The van der Waals surface area contributed by atoms with Crippen LogP contribution < -0.4 is 25.3 Å². The SMILES string of the molecule is CCOc1ccc(C(=O)NCC(O)(c2cc3c(c(-c4ccc(F)c(Cl)c4)n2)OCC3(C)N)C(F)(F)F)cc1OC. The molecule has 2 atom stereocenters. The maximum Gasteiger partial charge on any atom is 0.424 e. The van der Waals surface area contributed by atoms with Gasteiger partial charge in [-0.1, -0.05) is 11.6 Å². The van der Waals surface area contributed by atoms with E-state index in [1.165, 1.54) is 44.4 Å². The number of aliphatic hydroxyl groups is 1. The third-order valence-electron chi connectivity index (χ3n) is 6.42. The number of aromatic nitrogens is 1. The van der Waals surface area contributed by atoms with E-state index in [1.807, 2.05) is 0 Å². The Morgan fingerprint density at radius 2 is 1.95 bits per heavy atom.